The van der Waals surface area contributed by atoms with E-state index in [1.807, 2.05) is 0 Å². The van der Waals surface area contributed by atoms with Crippen LogP contribution in [0.25, 0.3) is 0 Å². The zero-order valence-corrected chi connectivity index (χ0v) is 5.17. The molecule has 1 N–H and O–H groups in total. The van der Waals surface area contributed by atoms with Gasteiger partial charge in [-0.15, -0.1) is 0 Å². The minimum Gasteiger partial charge on any atom is -0.303 e. The Labute approximate surface area is 54.8 Å². The van der Waals surface area contributed by atoms with E-state index in [0.29, 0.717) is 6.04 Å². The smallest absolute Gasteiger partial charge is 0.0509 e. The number of hydrogen-bond acceptors (Lipinski definition) is 1. The van der Waals surface area contributed by atoms with Crippen LogP contribution in [0.15, 0.2) is 36.0 Å². The molecule has 0 saturated carbocycles. The number of rotatable bonds is 0. The highest BCUT2D eigenvalue weighted by Crippen LogP contribution is 2.14. The molecule has 1 unspecified atom stereocenters. The predicted octanol–water partition coefficient (Wildman–Crippen LogP) is 1.01. The van der Waals surface area contributed by atoms with Crippen molar-refractivity contribution < 1.29 is 0 Å². The minimum absolute atomic E-state index is 0.509. The molecule has 1 nitrogen and oxygen atoms in total. The Balaban J connectivity index is 2.33. The molecule has 46 valence electrons. The Morgan fingerprint density at radius 1 is 1.44 bits per heavy atom. The topological polar surface area (TPSA) is 12.0 Å². The fourth-order valence-corrected chi connectivity index (χ4v) is 1.24. The van der Waals surface area contributed by atoms with Crippen molar-refractivity contribution in [3.8, 4) is 0 Å². The summed E-state index contributed by atoms with van der Waals surface area (Å²) in [6.45, 7) is 1.02. The van der Waals surface area contributed by atoms with Gasteiger partial charge in [-0.3, -0.25) is 0 Å². The molecule has 1 heteroatoms. The summed E-state index contributed by atoms with van der Waals surface area (Å²) < 4.78 is 0. The van der Waals surface area contributed by atoms with Crippen molar-refractivity contribution in [1.82, 2.24) is 5.32 Å². The molecule has 0 spiro atoms. The molecule has 2 aliphatic rings. The van der Waals surface area contributed by atoms with Crippen molar-refractivity contribution in [2.75, 3.05) is 6.54 Å². The zero-order chi connectivity index (χ0) is 6.10. The molecule has 1 heterocycles. The van der Waals surface area contributed by atoms with Gasteiger partial charge < -0.3 is 5.32 Å². The molecule has 2 rings (SSSR count). The average Bonchev–Trinajstić information content (AvgIpc) is 2.33. The van der Waals surface area contributed by atoms with Crippen LogP contribution in [0.1, 0.15) is 0 Å². The van der Waals surface area contributed by atoms with Crippen LogP contribution < -0.4 is 5.32 Å². The van der Waals surface area contributed by atoms with Gasteiger partial charge in [0.15, 0.2) is 0 Å². The third kappa shape index (κ3) is 0.736. The van der Waals surface area contributed by atoms with Gasteiger partial charge in [-0.25, -0.2) is 0 Å². The lowest BCUT2D eigenvalue weighted by atomic mass is 10.1. The third-order valence-corrected chi connectivity index (χ3v) is 1.74. The van der Waals surface area contributed by atoms with Gasteiger partial charge in [-0.1, -0.05) is 30.4 Å². The number of hydrogen-bond donors (Lipinski definition) is 1. The highest BCUT2D eigenvalue weighted by atomic mass is 14.9. The summed E-state index contributed by atoms with van der Waals surface area (Å²) in [5.74, 6) is 0. The monoisotopic (exact) mass is 119 g/mol. The Morgan fingerprint density at radius 3 is 3.33 bits per heavy atom. The lowest BCUT2D eigenvalue weighted by Crippen LogP contribution is -2.22. The second-order valence-electron chi connectivity index (χ2n) is 2.33. The number of fused-ring (bicyclic) bond motifs is 1. The van der Waals surface area contributed by atoms with E-state index in [1.54, 1.807) is 0 Å². The van der Waals surface area contributed by atoms with E-state index in [2.05, 4.69) is 35.7 Å². The van der Waals surface area contributed by atoms with Crippen LogP contribution in [0, 0.1) is 0 Å². The van der Waals surface area contributed by atoms with Crippen molar-refractivity contribution in [2.24, 2.45) is 0 Å². The van der Waals surface area contributed by atoms with Gasteiger partial charge in [-0.05, 0) is 5.57 Å². The normalized spacial score (nSPS) is 30.2. The molecule has 0 aromatic heterocycles. The largest absolute Gasteiger partial charge is 0.303 e. The van der Waals surface area contributed by atoms with Gasteiger partial charge in [0.2, 0.25) is 0 Å². The van der Waals surface area contributed by atoms with Crippen molar-refractivity contribution in [1.29, 1.82) is 0 Å². The molecule has 9 heavy (non-hydrogen) atoms. The number of allylic oxidation sites excluding steroid dienone is 2. The van der Waals surface area contributed by atoms with Crippen LogP contribution in [0.2, 0.25) is 0 Å². The Kier molecular flexibility index (Phi) is 1.03. The summed E-state index contributed by atoms with van der Waals surface area (Å²) in [6, 6.07) is 0.509. The van der Waals surface area contributed by atoms with Crippen LogP contribution in [-0.2, 0) is 0 Å². The first-order chi connectivity index (χ1) is 4.47. The highest BCUT2D eigenvalue weighted by Gasteiger charge is 2.13. The van der Waals surface area contributed by atoms with Crippen LogP contribution in [-0.4, -0.2) is 12.6 Å². The van der Waals surface area contributed by atoms with E-state index in [0.717, 1.165) is 6.54 Å². The predicted molar refractivity (Wildman–Crippen MR) is 38.2 cm³/mol. The summed E-state index contributed by atoms with van der Waals surface area (Å²) in [7, 11) is 0. The van der Waals surface area contributed by atoms with Crippen LogP contribution >= 0.6 is 0 Å². The lowest BCUT2D eigenvalue weighted by molar-refractivity contribution is 0.764. The SMILES string of the molecule is C1=CC2=CCNC2C=C1. The molecular weight excluding hydrogens is 110 g/mol. The summed E-state index contributed by atoms with van der Waals surface area (Å²) in [6.07, 6.45) is 10.7. The van der Waals surface area contributed by atoms with Crippen LogP contribution in [0.5, 0.6) is 0 Å². The molecule has 0 aromatic rings. The Morgan fingerprint density at radius 2 is 2.44 bits per heavy atom. The highest BCUT2D eigenvalue weighted by molar-refractivity contribution is 5.39. The summed E-state index contributed by atoms with van der Waals surface area (Å²) in [5, 5.41) is 3.33. The van der Waals surface area contributed by atoms with E-state index >= 15 is 0 Å². The first-order valence-electron chi connectivity index (χ1n) is 3.25. The molecule has 0 amide bonds. The van der Waals surface area contributed by atoms with Gasteiger partial charge >= 0.3 is 0 Å². The van der Waals surface area contributed by atoms with E-state index in [4.69, 9.17) is 0 Å². The minimum atomic E-state index is 0.509. The molecule has 0 bridgehead atoms. The standard InChI is InChI=1S/C8H9N/c1-2-4-8-7(3-1)5-6-9-8/h1-5,8-9H,6H2. The van der Waals surface area contributed by atoms with E-state index < -0.39 is 0 Å². The van der Waals surface area contributed by atoms with Crippen molar-refractivity contribution >= 4 is 0 Å². The molecular formula is C8H9N. The molecule has 0 fully saturated rings. The second-order valence-corrected chi connectivity index (χ2v) is 2.33. The maximum atomic E-state index is 3.33. The van der Waals surface area contributed by atoms with Crippen LogP contribution in [0.4, 0.5) is 0 Å². The first kappa shape index (κ1) is 5.00. The quantitative estimate of drug-likeness (QED) is 0.502. The zero-order valence-electron chi connectivity index (χ0n) is 5.17. The lowest BCUT2D eigenvalue weighted by Gasteiger charge is -2.09. The van der Waals surface area contributed by atoms with Crippen molar-refractivity contribution in [3.63, 3.8) is 0 Å². The summed E-state index contributed by atoms with van der Waals surface area (Å²) in [5.41, 5.74) is 1.41. The maximum Gasteiger partial charge on any atom is 0.0509 e. The third-order valence-electron chi connectivity index (χ3n) is 1.74. The molecule has 0 radical (unpaired) electrons. The Hall–Kier alpha value is -0.820. The van der Waals surface area contributed by atoms with Gasteiger partial charge in [0, 0.05) is 6.54 Å². The van der Waals surface area contributed by atoms with Crippen molar-refractivity contribution in [3.05, 3.63) is 36.0 Å². The molecule has 0 aromatic carbocycles. The van der Waals surface area contributed by atoms with Gasteiger partial charge in [0.25, 0.3) is 0 Å². The van der Waals surface area contributed by atoms with Gasteiger partial charge in [0.05, 0.1) is 6.04 Å². The van der Waals surface area contributed by atoms with E-state index in [1.165, 1.54) is 5.57 Å². The number of nitrogens with one attached hydrogen (secondary N) is 1. The van der Waals surface area contributed by atoms with Crippen LogP contribution in [0.3, 0.4) is 0 Å². The molecule has 0 saturated heterocycles. The van der Waals surface area contributed by atoms with Crippen molar-refractivity contribution in [2.45, 2.75) is 6.04 Å². The molecule has 1 atom stereocenters. The summed E-state index contributed by atoms with van der Waals surface area (Å²) in [4.78, 5) is 0. The molecule has 1 aliphatic heterocycles. The molecule has 1 aliphatic carbocycles. The van der Waals surface area contributed by atoms with E-state index in [9.17, 15) is 0 Å². The fourth-order valence-electron chi connectivity index (χ4n) is 1.24. The van der Waals surface area contributed by atoms with E-state index in [-0.39, 0.29) is 0 Å². The van der Waals surface area contributed by atoms with Gasteiger partial charge in [-0.2, -0.15) is 0 Å². The fraction of sp³-hybridized carbons (Fsp3) is 0.250. The second kappa shape index (κ2) is 1.85. The van der Waals surface area contributed by atoms with Gasteiger partial charge in [0.1, 0.15) is 0 Å². The first-order valence-corrected chi connectivity index (χ1v) is 3.25. The maximum absolute atomic E-state index is 3.33. The Bertz CT molecular complexity index is 196. The average molecular weight is 119 g/mol. The summed E-state index contributed by atoms with van der Waals surface area (Å²) >= 11 is 0.